The first-order valence-corrected chi connectivity index (χ1v) is 11.1. The highest BCUT2D eigenvalue weighted by Gasteiger charge is 2.27. The molecule has 7 heteroatoms. The van der Waals surface area contributed by atoms with E-state index in [2.05, 4.69) is 4.90 Å². The lowest BCUT2D eigenvalue weighted by Crippen LogP contribution is -2.35. The van der Waals surface area contributed by atoms with Crippen LogP contribution in [0.1, 0.15) is 35.3 Å². The van der Waals surface area contributed by atoms with Gasteiger partial charge in [-0.3, -0.25) is 4.90 Å². The summed E-state index contributed by atoms with van der Waals surface area (Å²) in [4.78, 5) is 8.21. The Bertz CT molecular complexity index is 962. The van der Waals surface area contributed by atoms with Gasteiger partial charge in [-0.1, -0.05) is 6.07 Å². The molecule has 0 saturated carbocycles. The SMILES string of the molecule is COc1ccc(-c2nc(CN3CCC(C(O)c4cccs4)CC3)c(C)o2)cc1OC. The van der Waals surface area contributed by atoms with Gasteiger partial charge in [0.2, 0.25) is 5.89 Å². The van der Waals surface area contributed by atoms with E-state index in [9.17, 15) is 5.11 Å². The molecular formula is C23H28N2O4S. The maximum atomic E-state index is 10.6. The minimum atomic E-state index is -0.349. The van der Waals surface area contributed by atoms with E-state index in [0.717, 1.165) is 54.4 Å². The second-order valence-electron chi connectivity index (χ2n) is 7.67. The van der Waals surface area contributed by atoms with Gasteiger partial charge in [0.25, 0.3) is 0 Å². The topological polar surface area (TPSA) is 68.0 Å². The van der Waals surface area contributed by atoms with Crippen molar-refractivity contribution in [2.24, 2.45) is 5.92 Å². The molecule has 0 aliphatic carbocycles. The molecule has 3 aromatic rings. The number of aliphatic hydroxyl groups excluding tert-OH is 1. The molecule has 1 saturated heterocycles. The number of hydrogen-bond donors (Lipinski definition) is 1. The van der Waals surface area contributed by atoms with Crippen molar-refractivity contribution in [3.05, 3.63) is 52.0 Å². The summed E-state index contributed by atoms with van der Waals surface area (Å²) in [5, 5.41) is 12.6. The summed E-state index contributed by atoms with van der Waals surface area (Å²) in [6.45, 7) is 4.61. The number of ether oxygens (including phenoxy) is 2. The molecule has 0 amide bonds. The largest absolute Gasteiger partial charge is 0.493 e. The van der Waals surface area contributed by atoms with E-state index in [0.29, 0.717) is 23.3 Å². The average molecular weight is 429 g/mol. The van der Waals surface area contributed by atoms with Gasteiger partial charge < -0.3 is 19.0 Å². The predicted molar refractivity (Wildman–Crippen MR) is 117 cm³/mol. The number of likely N-dealkylation sites (tertiary alicyclic amines) is 1. The first-order valence-electron chi connectivity index (χ1n) is 10.2. The fourth-order valence-corrected chi connectivity index (χ4v) is 4.80. The summed E-state index contributed by atoms with van der Waals surface area (Å²) in [5.74, 6) is 3.07. The number of aryl methyl sites for hydroxylation is 1. The molecule has 1 N–H and O–H groups in total. The molecule has 1 atom stereocenters. The molecule has 1 aliphatic heterocycles. The number of oxazole rings is 1. The van der Waals surface area contributed by atoms with Gasteiger partial charge in [0.15, 0.2) is 11.5 Å². The smallest absolute Gasteiger partial charge is 0.226 e. The van der Waals surface area contributed by atoms with Crippen LogP contribution in [-0.2, 0) is 6.54 Å². The summed E-state index contributed by atoms with van der Waals surface area (Å²) in [6, 6.07) is 9.69. The number of benzene rings is 1. The second-order valence-corrected chi connectivity index (χ2v) is 8.64. The Morgan fingerprint density at radius 3 is 2.63 bits per heavy atom. The third kappa shape index (κ3) is 4.38. The lowest BCUT2D eigenvalue weighted by molar-refractivity contribution is 0.0586. The molecule has 4 rings (SSSR count). The van der Waals surface area contributed by atoms with Gasteiger partial charge in [-0.05, 0) is 68.4 Å². The highest BCUT2D eigenvalue weighted by atomic mass is 32.1. The van der Waals surface area contributed by atoms with Crippen molar-refractivity contribution in [1.29, 1.82) is 0 Å². The van der Waals surface area contributed by atoms with E-state index >= 15 is 0 Å². The van der Waals surface area contributed by atoms with Crippen LogP contribution < -0.4 is 9.47 Å². The summed E-state index contributed by atoms with van der Waals surface area (Å²) in [7, 11) is 3.24. The third-order valence-corrected chi connectivity index (χ3v) is 6.75. The van der Waals surface area contributed by atoms with Crippen molar-refractivity contribution in [3.63, 3.8) is 0 Å². The molecule has 1 aromatic carbocycles. The van der Waals surface area contributed by atoms with E-state index < -0.39 is 0 Å². The monoisotopic (exact) mass is 428 g/mol. The van der Waals surface area contributed by atoms with Crippen molar-refractivity contribution in [2.45, 2.75) is 32.4 Å². The first-order chi connectivity index (χ1) is 14.6. The predicted octanol–water partition coefficient (Wildman–Crippen LogP) is 4.67. The molecule has 1 fully saturated rings. The van der Waals surface area contributed by atoms with Crippen LogP contribution in [0.3, 0.4) is 0 Å². The highest BCUT2D eigenvalue weighted by molar-refractivity contribution is 7.10. The van der Waals surface area contributed by atoms with E-state index in [1.165, 1.54) is 0 Å². The van der Waals surface area contributed by atoms with Gasteiger partial charge in [0.05, 0.1) is 26.0 Å². The van der Waals surface area contributed by atoms with E-state index in [1.54, 1.807) is 25.6 Å². The van der Waals surface area contributed by atoms with Crippen LogP contribution in [-0.4, -0.2) is 42.3 Å². The van der Waals surface area contributed by atoms with Crippen LogP contribution in [0.5, 0.6) is 11.5 Å². The molecule has 160 valence electrons. The Morgan fingerprint density at radius 1 is 1.20 bits per heavy atom. The number of piperidine rings is 1. The van der Waals surface area contributed by atoms with Crippen molar-refractivity contribution >= 4 is 11.3 Å². The van der Waals surface area contributed by atoms with Gasteiger partial charge >= 0.3 is 0 Å². The minimum Gasteiger partial charge on any atom is -0.493 e. The number of aromatic nitrogens is 1. The third-order valence-electron chi connectivity index (χ3n) is 5.81. The van der Waals surface area contributed by atoms with Crippen LogP contribution in [0.2, 0.25) is 0 Å². The maximum absolute atomic E-state index is 10.6. The Morgan fingerprint density at radius 2 is 1.97 bits per heavy atom. The molecular weight excluding hydrogens is 400 g/mol. The fraction of sp³-hybridized carbons (Fsp3) is 0.435. The van der Waals surface area contributed by atoms with Crippen molar-refractivity contribution in [2.75, 3.05) is 27.3 Å². The molecule has 2 aromatic heterocycles. The Hall–Kier alpha value is -2.35. The molecule has 0 radical (unpaired) electrons. The molecule has 3 heterocycles. The molecule has 6 nitrogen and oxygen atoms in total. The van der Waals surface area contributed by atoms with Crippen molar-refractivity contribution in [1.82, 2.24) is 9.88 Å². The van der Waals surface area contributed by atoms with E-state index in [4.69, 9.17) is 18.9 Å². The summed E-state index contributed by atoms with van der Waals surface area (Å²) in [6.07, 6.45) is 1.62. The molecule has 0 spiro atoms. The zero-order valence-electron chi connectivity index (χ0n) is 17.6. The van der Waals surface area contributed by atoms with Crippen LogP contribution in [0.4, 0.5) is 0 Å². The van der Waals surface area contributed by atoms with Crippen molar-refractivity contribution < 1.29 is 19.0 Å². The first kappa shape index (κ1) is 20.9. The number of hydrogen-bond acceptors (Lipinski definition) is 7. The van der Waals surface area contributed by atoms with Gasteiger partial charge in [0.1, 0.15) is 5.76 Å². The summed E-state index contributed by atoms with van der Waals surface area (Å²) < 4.78 is 16.6. The lowest BCUT2D eigenvalue weighted by atomic mass is 9.90. The van der Waals surface area contributed by atoms with Gasteiger partial charge in [-0.25, -0.2) is 4.98 Å². The highest BCUT2D eigenvalue weighted by Crippen LogP contribution is 2.35. The Labute approximate surface area is 181 Å². The van der Waals surface area contributed by atoms with Crippen LogP contribution in [0.15, 0.2) is 40.1 Å². The summed E-state index contributed by atoms with van der Waals surface area (Å²) in [5.41, 5.74) is 1.82. The Kier molecular flexibility index (Phi) is 6.41. The van der Waals surface area contributed by atoms with Gasteiger partial charge in [-0.2, -0.15) is 0 Å². The van der Waals surface area contributed by atoms with Crippen molar-refractivity contribution in [3.8, 4) is 23.0 Å². The van der Waals surface area contributed by atoms with Gasteiger partial charge in [-0.15, -0.1) is 11.3 Å². The summed E-state index contributed by atoms with van der Waals surface area (Å²) >= 11 is 1.63. The number of rotatable bonds is 7. The zero-order valence-corrected chi connectivity index (χ0v) is 18.4. The van der Waals surface area contributed by atoms with Crippen LogP contribution >= 0.6 is 11.3 Å². The standard InChI is InChI=1S/C23H28N2O4S/c1-15-18(24-23(29-15)17-6-7-19(27-2)20(13-17)28-3)14-25-10-8-16(9-11-25)22(26)21-5-4-12-30-21/h4-7,12-13,16,22,26H,8-11,14H2,1-3H3. The average Bonchev–Trinajstić information content (AvgIpc) is 3.44. The number of aliphatic hydroxyl groups is 1. The molecule has 1 aliphatic rings. The fourth-order valence-electron chi connectivity index (χ4n) is 4.00. The molecule has 30 heavy (non-hydrogen) atoms. The minimum absolute atomic E-state index is 0.320. The van der Waals surface area contributed by atoms with Crippen LogP contribution in [0, 0.1) is 12.8 Å². The van der Waals surface area contributed by atoms with Crippen LogP contribution in [0.25, 0.3) is 11.5 Å². The zero-order chi connectivity index (χ0) is 21.1. The number of methoxy groups -OCH3 is 2. The second kappa shape index (κ2) is 9.20. The molecule has 0 bridgehead atoms. The quantitative estimate of drug-likeness (QED) is 0.590. The lowest BCUT2D eigenvalue weighted by Gasteiger charge is -2.33. The number of thiophene rings is 1. The maximum Gasteiger partial charge on any atom is 0.226 e. The van der Waals surface area contributed by atoms with Gasteiger partial charge in [0, 0.05) is 17.0 Å². The number of nitrogens with zero attached hydrogens (tertiary/aromatic N) is 2. The van der Waals surface area contributed by atoms with E-state index in [1.807, 2.05) is 42.6 Å². The molecule has 1 unspecified atom stereocenters. The normalized spacial score (nSPS) is 16.5. The Balaban J connectivity index is 1.40. The van der Waals surface area contributed by atoms with E-state index in [-0.39, 0.29) is 6.10 Å².